The molecule has 0 spiro atoms. The molecule has 28 heavy (non-hydrogen) atoms. The van der Waals surface area contributed by atoms with Gasteiger partial charge >= 0.3 is 0 Å². The lowest BCUT2D eigenvalue weighted by molar-refractivity contribution is -0.131. The summed E-state index contributed by atoms with van der Waals surface area (Å²) in [6.45, 7) is 10.9. The second kappa shape index (κ2) is 10.3. The van der Waals surface area contributed by atoms with Gasteiger partial charge in [-0.05, 0) is 31.1 Å². The lowest BCUT2D eigenvalue weighted by Crippen LogP contribution is -2.47. The zero-order chi connectivity index (χ0) is 20.7. The zero-order valence-corrected chi connectivity index (χ0v) is 16.3. The van der Waals surface area contributed by atoms with Crippen molar-refractivity contribution in [3.63, 3.8) is 0 Å². The van der Waals surface area contributed by atoms with Gasteiger partial charge in [0.15, 0.2) is 0 Å². The predicted octanol–water partition coefficient (Wildman–Crippen LogP) is 3.96. The molecule has 1 unspecified atom stereocenters. The highest BCUT2D eigenvalue weighted by Gasteiger charge is 2.29. The van der Waals surface area contributed by atoms with Gasteiger partial charge in [-0.3, -0.25) is 4.79 Å². The smallest absolute Gasteiger partial charge is 0.226 e. The maximum atomic E-state index is 13.9. The normalized spacial score (nSPS) is 17.2. The fourth-order valence-electron chi connectivity index (χ4n) is 3.57. The number of likely N-dealkylation sites (tertiary alicyclic amines) is 1. The third-order valence-electron chi connectivity index (χ3n) is 5.02. The molecule has 1 aromatic rings. The van der Waals surface area contributed by atoms with Gasteiger partial charge < -0.3 is 14.9 Å². The molecule has 1 aliphatic rings. The number of rotatable bonds is 8. The number of carbonyl (C=O) groups is 1. The molecule has 2 rings (SSSR count). The molecule has 6 heteroatoms. The van der Waals surface area contributed by atoms with Gasteiger partial charge in [0.05, 0.1) is 6.10 Å². The molecule has 4 nitrogen and oxygen atoms in total. The van der Waals surface area contributed by atoms with E-state index in [0.717, 1.165) is 30.7 Å². The summed E-state index contributed by atoms with van der Waals surface area (Å²) in [5.74, 6) is -1.38. The number of carbonyl (C=O) groups excluding carboxylic acids is 1. The second-order valence-electron chi connectivity index (χ2n) is 6.86. The van der Waals surface area contributed by atoms with Crippen LogP contribution in [0.4, 0.5) is 8.78 Å². The van der Waals surface area contributed by atoms with Crippen molar-refractivity contribution >= 4 is 5.91 Å². The van der Waals surface area contributed by atoms with Crippen LogP contribution in [0.5, 0.6) is 0 Å². The number of piperidine rings is 1. The standard InChI is InChI=1S/C22H28F2N2O2/c1-4-7-17(5-2)26(22(28)6-3)18-10-12-25(13-11-18)15-21(27)19-9-8-16(23)14-20(19)24/h4-5,7-9,14,18,21,27H,1-2,6,10-13,15H2,3H3/b17-7+. The fourth-order valence-corrected chi connectivity index (χ4v) is 3.57. The molecular formula is C22H28F2N2O2. The number of nitrogens with zero attached hydrogens (tertiary/aromatic N) is 2. The minimum atomic E-state index is -1.03. The van der Waals surface area contributed by atoms with Gasteiger partial charge in [-0.1, -0.05) is 32.2 Å². The molecule has 1 aromatic carbocycles. The summed E-state index contributed by atoms with van der Waals surface area (Å²) in [6, 6.07) is 3.24. The van der Waals surface area contributed by atoms with Crippen molar-refractivity contribution < 1.29 is 18.7 Å². The summed E-state index contributed by atoms with van der Waals surface area (Å²) in [6.07, 6.45) is 5.88. The first-order valence-electron chi connectivity index (χ1n) is 9.53. The Kier molecular flexibility index (Phi) is 8.08. The van der Waals surface area contributed by atoms with Gasteiger partial charge in [0.1, 0.15) is 11.6 Å². The van der Waals surface area contributed by atoms with Crippen LogP contribution in [-0.4, -0.2) is 46.5 Å². The van der Waals surface area contributed by atoms with Crippen LogP contribution in [0.15, 0.2) is 55.3 Å². The highest BCUT2D eigenvalue weighted by atomic mass is 19.1. The molecule has 1 saturated heterocycles. The van der Waals surface area contributed by atoms with E-state index in [1.165, 1.54) is 6.07 Å². The minimum absolute atomic E-state index is 0.0277. The van der Waals surface area contributed by atoms with Crippen molar-refractivity contribution in [1.82, 2.24) is 9.80 Å². The van der Waals surface area contributed by atoms with Crippen molar-refractivity contribution in [3.05, 3.63) is 72.5 Å². The highest BCUT2D eigenvalue weighted by Crippen LogP contribution is 2.25. The lowest BCUT2D eigenvalue weighted by Gasteiger charge is -2.39. The van der Waals surface area contributed by atoms with Crippen LogP contribution < -0.4 is 0 Å². The van der Waals surface area contributed by atoms with Crippen LogP contribution in [0, 0.1) is 11.6 Å². The third-order valence-corrected chi connectivity index (χ3v) is 5.02. The Bertz CT molecular complexity index is 740. The van der Waals surface area contributed by atoms with Crippen LogP contribution in [0.2, 0.25) is 0 Å². The van der Waals surface area contributed by atoms with Crippen LogP contribution in [-0.2, 0) is 4.79 Å². The summed E-state index contributed by atoms with van der Waals surface area (Å²) in [4.78, 5) is 16.3. The Morgan fingerprint density at radius 2 is 2.04 bits per heavy atom. The van der Waals surface area contributed by atoms with E-state index < -0.39 is 17.7 Å². The monoisotopic (exact) mass is 390 g/mol. The Morgan fingerprint density at radius 3 is 2.57 bits per heavy atom. The van der Waals surface area contributed by atoms with E-state index >= 15 is 0 Å². The molecule has 0 saturated carbocycles. The Morgan fingerprint density at radius 1 is 1.36 bits per heavy atom. The van der Waals surface area contributed by atoms with E-state index in [1.54, 1.807) is 23.1 Å². The van der Waals surface area contributed by atoms with Crippen LogP contribution >= 0.6 is 0 Å². The molecule has 1 amide bonds. The van der Waals surface area contributed by atoms with Crippen LogP contribution in [0.1, 0.15) is 37.9 Å². The molecule has 0 aromatic heterocycles. The fraction of sp³-hybridized carbons (Fsp3) is 0.409. The van der Waals surface area contributed by atoms with E-state index in [1.807, 2.05) is 11.8 Å². The van der Waals surface area contributed by atoms with Crippen molar-refractivity contribution in [2.24, 2.45) is 0 Å². The molecule has 0 bridgehead atoms. The summed E-state index contributed by atoms with van der Waals surface area (Å²) < 4.78 is 26.9. The van der Waals surface area contributed by atoms with Crippen molar-refractivity contribution in [1.29, 1.82) is 0 Å². The number of allylic oxidation sites excluding steroid dienone is 3. The van der Waals surface area contributed by atoms with Gasteiger partial charge in [0, 0.05) is 49.4 Å². The van der Waals surface area contributed by atoms with E-state index in [0.29, 0.717) is 19.5 Å². The number of halogens is 2. The van der Waals surface area contributed by atoms with Crippen LogP contribution in [0.3, 0.4) is 0 Å². The van der Waals surface area contributed by atoms with Crippen LogP contribution in [0.25, 0.3) is 0 Å². The first kappa shape index (κ1) is 22.0. The molecule has 152 valence electrons. The zero-order valence-electron chi connectivity index (χ0n) is 16.3. The van der Waals surface area contributed by atoms with Gasteiger partial charge in [-0.2, -0.15) is 0 Å². The SMILES string of the molecule is C=C/C=C(\C=C)N(C(=O)CC)C1CCN(CC(O)c2ccc(F)cc2F)CC1. The minimum Gasteiger partial charge on any atom is -0.387 e. The lowest BCUT2D eigenvalue weighted by atomic mass is 10.00. The molecule has 1 atom stereocenters. The van der Waals surface area contributed by atoms with Gasteiger partial charge in [-0.15, -0.1) is 0 Å². The average molecular weight is 390 g/mol. The number of aliphatic hydroxyl groups is 1. The number of benzene rings is 1. The highest BCUT2D eigenvalue weighted by molar-refractivity contribution is 5.78. The average Bonchev–Trinajstić information content (AvgIpc) is 2.68. The number of aliphatic hydroxyl groups excluding tert-OH is 1. The molecule has 1 heterocycles. The van der Waals surface area contributed by atoms with E-state index in [-0.39, 0.29) is 24.1 Å². The first-order valence-corrected chi connectivity index (χ1v) is 9.53. The number of amides is 1. The number of hydrogen-bond donors (Lipinski definition) is 1. The Hall–Kier alpha value is -2.31. The van der Waals surface area contributed by atoms with E-state index in [9.17, 15) is 18.7 Å². The van der Waals surface area contributed by atoms with E-state index in [2.05, 4.69) is 13.2 Å². The topological polar surface area (TPSA) is 43.8 Å². The molecule has 1 N–H and O–H groups in total. The maximum absolute atomic E-state index is 13.9. The van der Waals surface area contributed by atoms with Crippen molar-refractivity contribution in [3.8, 4) is 0 Å². The summed E-state index contributed by atoms with van der Waals surface area (Å²) in [5, 5.41) is 10.3. The molecule has 0 radical (unpaired) electrons. The Balaban J connectivity index is 2.02. The second-order valence-corrected chi connectivity index (χ2v) is 6.86. The molecular weight excluding hydrogens is 362 g/mol. The number of β-amino-alcohol motifs (C(OH)–C–C–N with tert-alkyl or cyclic N) is 1. The number of hydrogen-bond acceptors (Lipinski definition) is 3. The summed E-state index contributed by atoms with van der Waals surface area (Å²) in [5.41, 5.74) is 0.822. The molecule has 0 aliphatic carbocycles. The quantitative estimate of drug-likeness (QED) is 0.684. The first-order chi connectivity index (χ1) is 13.4. The van der Waals surface area contributed by atoms with Gasteiger partial charge in [-0.25, -0.2) is 8.78 Å². The predicted molar refractivity (Wildman–Crippen MR) is 106 cm³/mol. The van der Waals surface area contributed by atoms with E-state index in [4.69, 9.17) is 0 Å². The summed E-state index contributed by atoms with van der Waals surface area (Å²) in [7, 11) is 0. The Labute approximate surface area is 165 Å². The summed E-state index contributed by atoms with van der Waals surface area (Å²) >= 11 is 0. The molecule has 1 aliphatic heterocycles. The van der Waals surface area contributed by atoms with Gasteiger partial charge in [0.25, 0.3) is 0 Å². The third kappa shape index (κ3) is 5.36. The van der Waals surface area contributed by atoms with Crippen molar-refractivity contribution in [2.45, 2.75) is 38.3 Å². The largest absolute Gasteiger partial charge is 0.387 e. The van der Waals surface area contributed by atoms with Gasteiger partial charge in [0.2, 0.25) is 5.91 Å². The van der Waals surface area contributed by atoms with Crippen molar-refractivity contribution in [2.75, 3.05) is 19.6 Å². The molecule has 1 fully saturated rings. The maximum Gasteiger partial charge on any atom is 0.226 e.